The molecule has 1 aromatic rings. The highest BCUT2D eigenvalue weighted by atomic mass is 32.2. The van der Waals surface area contributed by atoms with Crippen LogP contribution >= 0.6 is 0 Å². The van der Waals surface area contributed by atoms with Crippen molar-refractivity contribution in [3.05, 3.63) is 29.8 Å². The van der Waals surface area contributed by atoms with Crippen molar-refractivity contribution in [2.24, 2.45) is 5.92 Å². The zero-order valence-corrected chi connectivity index (χ0v) is 11.6. The monoisotopic (exact) mass is 307 g/mol. The van der Waals surface area contributed by atoms with Gasteiger partial charge in [-0.3, -0.25) is 4.79 Å². The van der Waals surface area contributed by atoms with E-state index in [2.05, 4.69) is 4.72 Å². The summed E-state index contributed by atoms with van der Waals surface area (Å²) < 4.78 is 51.7. The number of carbonyl (C=O) groups is 1. The number of rotatable bonds is 7. The number of sulfonamides is 1. The summed E-state index contributed by atoms with van der Waals surface area (Å²) in [5, 5.41) is 8.66. The molecule has 5 nitrogen and oxygen atoms in total. The lowest BCUT2D eigenvalue weighted by Gasteiger charge is -2.09. The number of nitrogens with one attached hydrogen (secondary N) is 1. The third-order valence-electron chi connectivity index (χ3n) is 2.71. The van der Waals surface area contributed by atoms with Crippen molar-refractivity contribution in [3.8, 4) is 0 Å². The molecule has 1 unspecified atom stereocenters. The highest BCUT2D eigenvalue weighted by Gasteiger charge is 2.19. The van der Waals surface area contributed by atoms with Crippen LogP contribution in [-0.4, -0.2) is 26.0 Å². The first kappa shape index (κ1) is 16.5. The highest BCUT2D eigenvalue weighted by molar-refractivity contribution is 7.89. The number of hydrogen-bond donors (Lipinski definition) is 2. The molecule has 0 spiro atoms. The van der Waals surface area contributed by atoms with Crippen LogP contribution in [0.2, 0.25) is 0 Å². The Morgan fingerprint density at radius 3 is 2.60 bits per heavy atom. The Labute approximate surface area is 115 Å². The van der Waals surface area contributed by atoms with Gasteiger partial charge in [0.15, 0.2) is 0 Å². The summed E-state index contributed by atoms with van der Waals surface area (Å²) in [4.78, 5) is 9.93. The molecule has 112 valence electrons. The van der Waals surface area contributed by atoms with Crippen LogP contribution in [0.5, 0.6) is 0 Å². The highest BCUT2D eigenvalue weighted by Crippen LogP contribution is 2.15. The van der Waals surface area contributed by atoms with Crippen molar-refractivity contribution >= 4 is 16.0 Å². The van der Waals surface area contributed by atoms with Crippen molar-refractivity contribution in [2.75, 3.05) is 6.54 Å². The molecule has 0 fully saturated rings. The summed E-state index contributed by atoms with van der Waals surface area (Å²) in [5.41, 5.74) is 0. The number of carboxylic acids is 1. The van der Waals surface area contributed by atoms with E-state index in [-0.39, 0.29) is 6.54 Å². The van der Waals surface area contributed by atoms with E-state index in [9.17, 15) is 22.0 Å². The van der Waals surface area contributed by atoms with Crippen LogP contribution in [0.15, 0.2) is 23.1 Å². The Kier molecular flexibility index (Phi) is 5.58. The molecule has 0 aliphatic carbocycles. The predicted octanol–water partition coefficient (Wildman–Crippen LogP) is 1.74. The maximum atomic E-state index is 13.4. The third kappa shape index (κ3) is 4.53. The summed E-state index contributed by atoms with van der Waals surface area (Å²) in [6, 6.07) is 2.18. The fourth-order valence-electron chi connectivity index (χ4n) is 1.51. The molecule has 0 radical (unpaired) electrons. The second-order valence-electron chi connectivity index (χ2n) is 4.35. The molecule has 0 amide bonds. The van der Waals surface area contributed by atoms with Crippen molar-refractivity contribution in [1.82, 2.24) is 4.72 Å². The summed E-state index contributed by atoms with van der Waals surface area (Å²) in [6.45, 7) is 1.49. The first-order valence-electron chi connectivity index (χ1n) is 5.91. The summed E-state index contributed by atoms with van der Waals surface area (Å²) in [5.74, 6) is -3.58. The first-order chi connectivity index (χ1) is 9.24. The van der Waals surface area contributed by atoms with Crippen LogP contribution in [0, 0.1) is 17.6 Å². The fourth-order valence-corrected chi connectivity index (χ4v) is 2.64. The van der Waals surface area contributed by atoms with Crippen molar-refractivity contribution in [2.45, 2.75) is 24.7 Å². The minimum Gasteiger partial charge on any atom is -0.481 e. The zero-order chi connectivity index (χ0) is 15.3. The predicted molar refractivity (Wildman–Crippen MR) is 67.6 cm³/mol. The Morgan fingerprint density at radius 2 is 2.05 bits per heavy atom. The molecular weight excluding hydrogens is 292 g/mol. The summed E-state index contributed by atoms with van der Waals surface area (Å²) in [7, 11) is -4.06. The van der Waals surface area contributed by atoms with Gasteiger partial charge in [-0.15, -0.1) is 0 Å². The van der Waals surface area contributed by atoms with Gasteiger partial charge in [-0.05, 0) is 25.0 Å². The standard InChI is InChI=1S/C12H15F2NO4S/c1-8(12(16)17)3-2-6-15-20(18,19)11-5-4-9(13)7-10(11)14/h4-5,7-8,15H,2-3,6H2,1H3,(H,16,17). The zero-order valence-electron chi connectivity index (χ0n) is 10.8. The lowest BCUT2D eigenvalue weighted by molar-refractivity contribution is -0.141. The molecule has 1 aromatic carbocycles. The Bertz CT molecular complexity index is 589. The van der Waals surface area contributed by atoms with Gasteiger partial charge in [-0.2, -0.15) is 0 Å². The van der Waals surface area contributed by atoms with E-state index in [1.807, 2.05) is 0 Å². The van der Waals surface area contributed by atoms with Gasteiger partial charge in [0.25, 0.3) is 0 Å². The minimum atomic E-state index is -4.06. The largest absolute Gasteiger partial charge is 0.481 e. The van der Waals surface area contributed by atoms with Gasteiger partial charge in [0.1, 0.15) is 16.5 Å². The minimum absolute atomic E-state index is 0.0171. The molecule has 0 bridgehead atoms. The van der Waals surface area contributed by atoms with Crippen LogP contribution in [0.3, 0.4) is 0 Å². The fraction of sp³-hybridized carbons (Fsp3) is 0.417. The number of hydrogen-bond acceptors (Lipinski definition) is 3. The number of benzene rings is 1. The number of aliphatic carboxylic acids is 1. The molecular formula is C12H15F2NO4S. The second kappa shape index (κ2) is 6.76. The molecule has 0 aromatic heterocycles. The maximum Gasteiger partial charge on any atom is 0.306 e. The van der Waals surface area contributed by atoms with E-state index < -0.39 is 38.4 Å². The smallest absolute Gasteiger partial charge is 0.306 e. The van der Waals surface area contributed by atoms with Crippen molar-refractivity contribution < 1.29 is 27.1 Å². The Balaban J connectivity index is 2.60. The van der Waals surface area contributed by atoms with Crippen LogP contribution in [0.1, 0.15) is 19.8 Å². The van der Waals surface area contributed by atoms with Crippen LogP contribution in [-0.2, 0) is 14.8 Å². The molecule has 20 heavy (non-hydrogen) atoms. The molecule has 0 aliphatic heterocycles. The summed E-state index contributed by atoms with van der Waals surface area (Å²) in [6.07, 6.45) is 0.596. The van der Waals surface area contributed by atoms with Gasteiger partial charge < -0.3 is 5.11 Å². The average Bonchev–Trinajstić information content (AvgIpc) is 2.33. The van der Waals surface area contributed by atoms with Gasteiger partial charge in [0, 0.05) is 12.6 Å². The summed E-state index contributed by atoms with van der Waals surface area (Å²) >= 11 is 0. The van der Waals surface area contributed by atoms with Gasteiger partial charge >= 0.3 is 5.97 Å². The third-order valence-corrected chi connectivity index (χ3v) is 4.21. The van der Waals surface area contributed by atoms with Crippen molar-refractivity contribution in [3.63, 3.8) is 0 Å². The normalized spacial score (nSPS) is 13.2. The van der Waals surface area contributed by atoms with Gasteiger partial charge in [0.05, 0.1) is 5.92 Å². The lowest BCUT2D eigenvalue weighted by Crippen LogP contribution is -2.26. The van der Waals surface area contributed by atoms with Gasteiger partial charge in [-0.25, -0.2) is 21.9 Å². The lowest BCUT2D eigenvalue weighted by atomic mass is 10.1. The molecule has 2 N–H and O–H groups in total. The molecule has 0 heterocycles. The molecule has 0 saturated heterocycles. The molecule has 1 atom stereocenters. The number of halogens is 2. The topological polar surface area (TPSA) is 83.5 Å². The van der Waals surface area contributed by atoms with Crippen LogP contribution in [0.25, 0.3) is 0 Å². The van der Waals surface area contributed by atoms with Crippen molar-refractivity contribution in [1.29, 1.82) is 0 Å². The van der Waals surface area contributed by atoms with E-state index in [4.69, 9.17) is 5.11 Å². The maximum absolute atomic E-state index is 13.4. The molecule has 0 saturated carbocycles. The molecule has 1 rings (SSSR count). The Morgan fingerprint density at radius 1 is 1.40 bits per heavy atom. The molecule has 8 heteroatoms. The van der Waals surface area contributed by atoms with E-state index in [0.29, 0.717) is 18.9 Å². The number of carboxylic acid groups (broad SMARTS) is 1. The van der Waals surface area contributed by atoms with Gasteiger partial charge in [0.2, 0.25) is 10.0 Å². The average molecular weight is 307 g/mol. The van der Waals surface area contributed by atoms with E-state index >= 15 is 0 Å². The quantitative estimate of drug-likeness (QED) is 0.752. The van der Waals surface area contributed by atoms with Crippen LogP contribution in [0.4, 0.5) is 8.78 Å². The molecule has 0 aliphatic rings. The SMILES string of the molecule is CC(CCCNS(=O)(=O)c1ccc(F)cc1F)C(=O)O. The van der Waals surface area contributed by atoms with E-state index in [1.165, 1.54) is 6.92 Å². The van der Waals surface area contributed by atoms with E-state index in [1.54, 1.807) is 0 Å². The van der Waals surface area contributed by atoms with E-state index in [0.717, 1.165) is 12.1 Å². The van der Waals surface area contributed by atoms with Crippen LogP contribution < -0.4 is 4.72 Å². The Hall–Kier alpha value is -1.54. The van der Waals surface area contributed by atoms with Gasteiger partial charge in [-0.1, -0.05) is 6.92 Å². The first-order valence-corrected chi connectivity index (χ1v) is 7.40. The second-order valence-corrected chi connectivity index (χ2v) is 6.09.